The fraction of sp³-hybridized carbons (Fsp3) is 0.667. The van der Waals surface area contributed by atoms with Gasteiger partial charge in [-0.25, -0.2) is 4.52 Å². The maximum Gasteiger partial charge on any atom is 0.750 e. The molecule has 0 fully saturated rings. The lowest BCUT2D eigenvalue weighted by atomic mass is 10.1. The zero-order valence-electron chi connectivity index (χ0n) is 13.8. The molecule has 0 heterocycles. The third-order valence-electron chi connectivity index (χ3n) is 3.62. The van der Waals surface area contributed by atoms with Crippen LogP contribution in [0, 0.1) is 0 Å². The van der Waals surface area contributed by atoms with E-state index < -0.39 is 8.25 Å². The van der Waals surface area contributed by atoms with Crippen molar-refractivity contribution in [1.82, 2.24) is 0 Å². The number of benzene rings is 1. The first-order chi connectivity index (χ1) is 10.8. The molecule has 0 radical (unpaired) electrons. The Kier molecular flexibility index (Phi) is 11.9. The smallest absolute Gasteiger partial charge is 0.229 e. The van der Waals surface area contributed by atoms with Crippen molar-refractivity contribution in [2.45, 2.75) is 71.1 Å². The molecule has 0 aliphatic rings. The van der Waals surface area contributed by atoms with Crippen LogP contribution in [0.1, 0.15) is 71.1 Å². The van der Waals surface area contributed by atoms with Gasteiger partial charge in [-0.1, -0.05) is 82.9 Å². The summed E-state index contributed by atoms with van der Waals surface area (Å²) in [5.41, 5.74) is 0. The largest absolute Gasteiger partial charge is 0.750 e. The molecule has 1 rings (SSSR count). The number of para-hydroxylation sites is 1. The van der Waals surface area contributed by atoms with Crippen LogP contribution in [0.4, 0.5) is 0 Å². The van der Waals surface area contributed by atoms with E-state index in [0.717, 1.165) is 12.8 Å². The Morgan fingerprint density at radius 3 is 1.95 bits per heavy atom. The van der Waals surface area contributed by atoms with Gasteiger partial charge in [-0.3, -0.25) is 0 Å². The van der Waals surface area contributed by atoms with Crippen LogP contribution in [0.3, 0.4) is 0 Å². The van der Waals surface area contributed by atoms with Crippen molar-refractivity contribution in [3.05, 3.63) is 30.3 Å². The standard InChI is InChI=1S/C18H30O3P/c1-2-3-4-5-6-7-8-9-10-14-17-20-22(19)21-18-15-12-11-13-16-18/h11-13,15-16H,2-10,14,17H2,1H3/q+1. The summed E-state index contributed by atoms with van der Waals surface area (Å²) in [4.78, 5) is 0. The lowest BCUT2D eigenvalue weighted by Crippen LogP contribution is -1.91. The van der Waals surface area contributed by atoms with Crippen molar-refractivity contribution in [3.8, 4) is 5.75 Å². The second kappa shape index (κ2) is 13.7. The van der Waals surface area contributed by atoms with E-state index in [2.05, 4.69) is 6.92 Å². The second-order valence-electron chi connectivity index (χ2n) is 5.64. The molecule has 0 amide bonds. The van der Waals surface area contributed by atoms with E-state index in [4.69, 9.17) is 9.05 Å². The summed E-state index contributed by atoms with van der Waals surface area (Å²) in [6.45, 7) is 2.76. The summed E-state index contributed by atoms with van der Waals surface area (Å²) < 4.78 is 22.0. The van der Waals surface area contributed by atoms with Gasteiger partial charge in [0.15, 0.2) is 5.75 Å². The summed E-state index contributed by atoms with van der Waals surface area (Å²) in [7, 11) is -2.04. The highest BCUT2D eigenvalue weighted by atomic mass is 31.1. The van der Waals surface area contributed by atoms with Gasteiger partial charge in [0.05, 0.1) is 0 Å². The van der Waals surface area contributed by atoms with E-state index >= 15 is 0 Å². The van der Waals surface area contributed by atoms with Crippen molar-refractivity contribution in [2.75, 3.05) is 6.61 Å². The predicted molar refractivity (Wildman–Crippen MR) is 92.5 cm³/mol. The highest BCUT2D eigenvalue weighted by Gasteiger charge is 2.21. The van der Waals surface area contributed by atoms with Crippen molar-refractivity contribution in [1.29, 1.82) is 0 Å². The number of rotatable bonds is 14. The molecular formula is C18H30O3P+. The highest BCUT2D eigenvalue weighted by molar-refractivity contribution is 7.33. The third-order valence-corrected chi connectivity index (χ3v) is 4.37. The van der Waals surface area contributed by atoms with Gasteiger partial charge in [0.25, 0.3) is 0 Å². The summed E-state index contributed by atoms with van der Waals surface area (Å²) in [5.74, 6) is 0.590. The van der Waals surface area contributed by atoms with Crippen LogP contribution in [-0.2, 0) is 9.09 Å². The molecule has 0 aliphatic carbocycles. The van der Waals surface area contributed by atoms with Crippen LogP contribution in [0.25, 0.3) is 0 Å². The predicted octanol–water partition coefficient (Wildman–Crippen LogP) is 6.66. The maximum atomic E-state index is 11.6. The first kappa shape index (κ1) is 19.1. The Balaban J connectivity index is 1.86. The molecule has 0 aromatic heterocycles. The summed E-state index contributed by atoms with van der Waals surface area (Å²) in [6.07, 6.45) is 12.8. The molecule has 1 aromatic carbocycles. The molecule has 4 heteroatoms. The number of hydrogen-bond acceptors (Lipinski definition) is 3. The topological polar surface area (TPSA) is 35.5 Å². The minimum absolute atomic E-state index is 0.512. The van der Waals surface area contributed by atoms with Gasteiger partial charge in [-0.05, 0) is 18.6 Å². The van der Waals surface area contributed by atoms with Crippen molar-refractivity contribution in [3.63, 3.8) is 0 Å². The molecule has 0 saturated carbocycles. The van der Waals surface area contributed by atoms with Gasteiger partial charge < -0.3 is 0 Å². The Bertz CT molecular complexity index is 381. The summed E-state index contributed by atoms with van der Waals surface area (Å²) >= 11 is 0. The van der Waals surface area contributed by atoms with Crippen LogP contribution in [0.5, 0.6) is 5.75 Å². The van der Waals surface area contributed by atoms with Crippen LogP contribution < -0.4 is 4.52 Å². The summed E-state index contributed by atoms with van der Waals surface area (Å²) in [5, 5.41) is 0. The summed E-state index contributed by atoms with van der Waals surface area (Å²) in [6, 6.07) is 9.14. The SMILES string of the molecule is CCCCCCCCCCCCO[P+](=O)Oc1ccccc1. The third kappa shape index (κ3) is 10.8. The maximum absolute atomic E-state index is 11.6. The van der Waals surface area contributed by atoms with Crippen molar-refractivity contribution in [2.24, 2.45) is 0 Å². The van der Waals surface area contributed by atoms with Crippen molar-refractivity contribution >= 4 is 8.25 Å². The molecule has 3 nitrogen and oxygen atoms in total. The van der Waals surface area contributed by atoms with E-state index in [1.54, 1.807) is 12.1 Å². The molecule has 0 spiro atoms. The molecule has 0 saturated heterocycles. The monoisotopic (exact) mass is 325 g/mol. The van der Waals surface area contributed by atoms with Crippen LogP contribution in [-0.4, -0.2) is 6.61 Å². The first-order valence-electron chi connectivity index (χ1n) is 8.66. The zero-order valence-corrected chi connectivity index (χ0v) is 14.7. The zero-order chi connectivity index (χ0) is 15.9. The Hall–Kier alpha value is -0.920. The average Bonchev–Trinajstić information content (AvgIpc) is 2.53. The molecule has 22 heavy (non-hydrogen) atoms. The second-order valence-corrected chi connectivity index (χ2v) is 6.53. The highest BCUT2D eigenvalue weighted by Crippen LogP contribution is 2.27. The van der Waals surface area contributed by atoms with E-state index in [1.165, 1.54) is 51.4 Å². The lowest BCUT2D eigenvalue weighted by molar-refractivity contribution is 0.277. The van der Waals surface area contributed by atoms with Gasteiger partial charge in [0, 0.05) is 4.57 Å². The Morgan fingerprint density at radius 1 is 0.818 bits per heavy atom. The van der Waals surface area contributed by atoms with E-state index in [0.29, 0.717) is 12.4 Å². The molecule has 1 unspecified atom stereocenters. The molecule has 1 aromatic rings. The normalized spacial score (nSPS) is 11.4. The Morgan fingerprint density at radius 2 is 1.36 bits per heavy atom. The number of hydrogen-bond donors (Lipinski definition) is 0. The van der Waals surface area contributed by atoms with Crippen LogP contribution in [0.15, 0.2) is 30.3 Å². The van der Waals surface area contributed by atoms with Gasteiger partial charge in [0.1, 0.15) is 6.61 Å². The van der Waals surface area contributed by atoms with E-state index in [-0.39, 0.29) is 0 Å². The Labute approximate surface area is 136 Å². The fourth-order valence-electron chi connectivity index (χ4n) is 2.32. The number of unbranched alkanes of at least 4 members (excludes halogenated alkanes) is 9. The van der Waals surface area contributed by atoms with Gasteiger partial charge in [-0.2, -0.15) is 0 Å². The molecular weight excluding hydrogens is 295 g/mol. The van der Waals surface area contributed by atoms with Crippen LogP contribution >= 0.6 is 8.25 Å². The molecule has 1 atom stereocenters. The minimum atomic E-state index is -2.04. The van der Waals surface area contributed by atoms with Gasteiger partial charge in [-0.15, -0.1) is 4.52 Å². The average molecular weight is 325 g/mol. The molecule has 0 bridgehead atoms. The van der Waals surface area contributed by atoms with E-state index in [9.17, 15) is 4.57 Å². The lowest BCUT2D eigenvalue weighted by Gasteiger charge is -2.00. The molecule has 0 aliphatic heterocycles. The van der Waals surface area contributed by atoms with Crippen molar-refractivity contribution < 1.29 is 13.6 Å². The van der Waals surface area contributed by atoms with E-state index in [1.807, 2.05) is 18.2 Å². The van der Waals surface area contributed by atoms with Gasteiger partial charge in [0.2, 0.25) is 0 Å². The fourth-order valence-corrected chi connectivity index (χ4v) is 2.95. The molecule has 124 valence electrons. The quantitative estimate of drug-likeness (QED) is 0.283. The van der Waals surface area contributed by atoms with Gasteiger partial charge >= 0.3 is 8.25 Å². The van der Waals surface area contributed by atoms with Crippen LogP contribution in [0.2, 0.25) is 0 Å². The minimum Gasteiger partial charge on any atom is -0.229 e. The molecule has 0 N–H and O–H groups in total. The first-order valence-corrected chi connectivity index (χ1v) is 9.75.